The van der Waals surface area contributed by atoms with Gasteiger partial charge in [0.05, 0.1) is 29.0 Å². The van der Waals surface area contributed by atoms with Crippen LogP contribution in [0.5, 0.6) is 5.75 Å². The quantitative estimate of drug-likeness (QED) is 0.106. The van der Waals surface area contributed by atoms with Gasteiger partial charge in [0.15, 0.2) is 12.4 Å². The van der Waals surface area contributed by atoms with E-state index in [9.17, 15) is 35.1 Å². The lowest BCUT2D eigenvalue weighted by Crippen LogP contribution is -2.66. The molecule has 8 unspecified atom stereocenters. The van der Waals surface area contributed by atoms with Gasteiger partial charge in [0, 0.05) is 13.7 Å². The van der Waals surface area contributed by atoms with Gasteiger partial charge < -0.3 is 68.4 Å². The molecule has 2 aliphatic heterocycles. The Balaban J connectivity index is 0.00000122. The molecule has 2 aromatic rings. The summed E-state index contributed by atoms with van der Waals surface area (Å²) >= 11 is 0. The maximum Gasteiger partial charge on any atom is 0.338 e. The molecule has 0 amide bonds. The summed E-state index contributed by atoms with van der Waals surface area (Å²) in [7, 11) is 5.57. The highest BCUT2D eigenvalue weighted by atomic mass is 16.6. The minimum absolute atomic E-state index is 0.0257. The second-order valence-corrected chi connectivity index (χ2v) is 18.1. The number of aldehydes is 1. The van der Waals surface area contributed by atoms with Gasteiger partial charge in [0.2, 0.25) is 0 Å². The molecular weight excluding hydrogens is 815 g/mol. The number of esters is 1. The van der Waals surface area contributed by atoms with Crippen molar-refractivity contribution in [1.29, 1.82) is 0 Å². The summed E-state index contributed by atoms with van der Waals surface area (Å²) in [6, 6.07) is 16.5. The van der Waals surface area contributed by atoms with Crippen LogP contribution in [0.3, 0.4) is 0 Å². The number of aromatic hydroxyl groups is 1. The number of aliphatic hydroxyl groups excluding tert-OH is 4. The van der Waals surface area contributed by atoms with E-state index in [0.717, 1.165) is 6.54 Å². The van der Waals surface area contributed by atoms with Gasteiger partial charge in [0.1, 0.15) is 67.3 Å². The van der Waals surface area contributed by atoms with Crippen LogP contribution in [0, 0.1) is 0 Å². The molecule has 5 N–H and O–H groups in total. The zero-order valence-corrected chi connectivity index (χ0v) is 40.7. The van der Waals surface area contributed by atoms with Crippen molar-refractivity contribution in [2.24, 2.45) is 0 Å². The van der Waals surface area contributed by atoms with Crippen molar-refractivity contribution in [3.8, 4) is 5.75 Å². The topological polar surface area (TPSA) is 203 Å². The number of phenolic OH excluding ortho intramolecular Hbond substituents is 1. The van der Waals surface area contributed by atoms with E-state index in [0.29, 0.717) is 11.8 Å². The smallest absolute Gasteiger partial charge is 0.338 e. The van der Waals surface area contributed by atoms with Crippen LogP contribution in [-0.4, -0.2) is 154 Å². The maximum absolute atomic E-state index is 13.4. The summed E-state index contributed by atoms with van der Waals surface area (Å²) in [4.78, 5) is 27.5. The standard InChI is InChI=1S/C35H56O14.C9H13N.2C2H6/c1-32(2,3)48-26-21(17-36)46-30(24(40)22(26)38)35(8,9)45-16-15-33(4,5)49-27-23(39)25(41)29(34(6,7)43-10)47-28(27)31(42)44-18-19-11-13-20(37)14-12-19;1-10(2)8-9-6-4-3-5-7-9;2*1-2/h11-14,17,21-30,37-41H,15-16,18H2,1-10H3;3-7H,8H2,1-2H3;2*1-2H3/t21?,22?,23?,24?,25?,26-,27+,28?,29?,30?;;;/m1.../s1. The number of nitrogens with zero attached hydrogens (tertiary/aromatic N) is 1. The van der Waals surface area contributed by atoms with Crippen LogP contribution in [0.25, 0.3) is 0 Å². The Morgan fingerprint density at radius 1 is 0.714 bits per heavy atom. The molecule has 15 heteroatoms. The van der Waals surface area contributed by atoms with Crippen molar-refractivity contribution in [1.82, 2.24) is 4.90 Å². The highest BCUT2D eigenvalue weighted by Crippen LogP contribution is 2.36. The molecular formula is C48H81NO14. The fraction of sp³-hybridized carbons (Fsp3) is 0.708. The Bertz CT molecular complexity index is 1580. The van der Waals surface area contributed by atoms with E-state index in [1.165, 1.54) is 24.8 Å². The van der Waals surface area contributed by atoms with Crippen molar-refractivity contribution in [3.63, 3.8) is 0 Å². The molecule has 10 atom stereocenters. The maximum atomic E-state index is 13.4. The Morgan fingerprint density at radius 2 is 1.24 bits per heavy atom. The number of hydrogen-bond donors (Lipinski definition) is 5. The molecule has 63 heavy (non-hydrogen) atoms. The molecule has 2 fully saturated rings. The van der Waals surface area contributed by atoms with E-state index < -0.39 is 89.4 Å². The number of benzene rings is 2. The molecule has 4 rings (SSSR count). The molecule has 2 heterocycles. The Labute approximate surface area is 376 Å². The number of hydrogen-bond acceptors (Lipinski definition) is 15. The van der Waals surface area contributed by atoms with Gasteiger partial charge in [-0.2, -0.15) is 0 Å². The van der Waals surface area contributed by atoms with Gasteiger partial charge in [0.25, 0.3) is 0 Å². The minimum Gasteiger partial charge on any atom is -0.508 e. The average Bonchev–Trinajstić information content (AvgIpc) is 3.22. The normalized spacial score (nSPS) is 26.5. The van der Waals surface area contributed by atoms with E-state index in [1.54, 1.807) is 74.4 Å². The van der Waals surface area contributed by atoms with Crippen LogP contribution < -0.4 is 0 Å². The van der Waals surface area contributed by atoms with Crippen molar-refractivity contribution in [2.45, 2.75) is 193 Å². The largest absolute Gasteiger partial charge is 0.508 e. The third-order valence-corrected chi connectivity index (χ3v) is 10.3. The van der Waals surface area contributed by atoms with Gasteiger partial charge in [-0.15, -0.1) is 0 Å². The lowest BCUT2D eigenvalue weighted by molar-refractivity contribution is -0.289. The summed E-state index contributed by atoms with van der Waals surface area (Å²) in [6.07, 6.45) is -12.5. The van der Waals surface area contributed by atoms with Gasteiger partial charge in [-0.25, -0.2) is 4.79 Å². The fourth-order valence-electron chi connectivity index (χ4n) is 6.85. The van der Waals surface area contributed by atoms with Gasteiger partial charge in [-0.05, 0) is 106 Å². The number of carbonyl (C=O) groups is 2. The second kappa shape index (κ2) is 26.2. The number of ether oxygens (including phenoxy) is 7. The monoisotopic (exact) mass is 896 g/mol. The molecule has 2 aromatic carbocycles. The van der Waals surface area contributed by atoms with E-state index in [-0.39, 0.29) is 25.4 Å². The first-order chi connectivity index (χ1) is 29.3. The van der Waals surface area contributed by atoms with Crippen LogP contribution >= 0.6 is 0 Å². The van der Waals surface area contributed by atoms with Crippen LogP contribution in [0.2, 0.25) is 0 Å². The average molecular weight is 896 g/mol. The van der Waals surface area contributed by atoms with Gasteiger partial charge in [-0.3, -0.25) is 0 Å². The number of rotatable bonds is 16. The Hall–Kier alpha value is -3.06. The molecule has 0 aromatic heterocycles. The number of carbonyl (C=O) groups excluding carboxylic acids is 2. The van der Waals surface area contributed by atoms with E-state index in [2.05, 4.69) is 43.3 Å². The predicted octanol–water partition coefficient (Wildman–Crippen LogP) is 5.37. The first-order valence-electron chi connectivity index (χ1n) is 22.0. The summed E-state index contributed by atoms with van der Waals surface area (Å²) in [5.74, 6) is -0.783. The van der Waals surface area contributed by atoms with Crippen LogP contribution in [-0.2, 0) is 55.9 Å². The number of methoxy groups -OCH3 is 1. The number of phenols is 1. The zero-order valence-electron chi connectivity index (χ0n) is 40.7. The zero-order chi connectivity index (χ0) is 48.5. The molecule has 362 valence electrons. The number of aliphatic hydroxyl groups is 4. The van der Waals surface area contributed by atoms with Gasteiger partial charge in [-0.1, -0.05) is 70.2 Å². The molecule has 0 aliphatic carbocycles. The van der Waals surface area contributed by atoms with Crippen LogP contribution in [0.4, 0.5) is 0 Å². The molecule has 0 saturated carbocycles. The Kier molecular flexibility index (Phi) is 24.1. The fourth-order valence-corrected chi connectivity index (χ4v) is 6.85. The second-order valence-electron chi connectivity index (χ2n) is 18.1. The summed E-state index contributed by atoms with van der Waals surface area (Å²) in [6.45, 7) is 24.2. The van der Waals surface area contributed by atoms with Crippen molar-refractivity contribution >= 4 is 12.3 Å². The Morgan fingerprint density at radius 3 is 1.73 bits per heavy atom. The predicted molar refractivity (Wildman–Crippen MR) is 241 cm³/mol. The molecule has 0 radical (unpaired) electrons. The van der Waals surface area contributed by atoms with Gasteiger partial charge >= 0.3 is 5.97 Å². The highest BCUT2D eigenvalue weighted by Gasteiger charge is 2.55. The van der Waals surface area contributed by atoms with Crippen LogP contribution in [0.1, 0.15) is 108 Å². The van der Waals surface area contributed by atoms with E-state index >= 15 is 0 Å². The van der Waals surface area contributed by atoms with Crippen LogP contribution in [0.15, 0.2) is 54.6 Å². The van der Waals surface area contributed by atoms with Crippen molar-refractivity contribution in [3.05, 3.63) is 65.7 Å². The SMILES string of the molecule is CC.CC.CN(C)Cc1ccccc1.COC(C)(C)C1OC(C(=O)OCc2ccc(O)cc2)[C@@H](OC(C)(C)CCOC(C)(C)C2OC(C=O)[C@@H](OC(C)(C)C)C(O)C2O)C(O)C1O. The molecule has 0 bridgehead atoms. The first kappa shape index (κ1) is 58.0. The molecule has 15 nitrogen and oxygen atoms in total. The lowest BCUT2D eigenvalue weighted by Gasteiger charge is -2.48. The lowest BCUT2D eigenvalue weighted by atomic mass is 9.86. The summed E-state index contributed by atoms with van der Waals surface area (Å²) in [5, 5.41) is 53.8. The molecule has 2 saturated heterocycles. The highest BCUT2D eigenvalue weighted by molar-refractivity contribution is 5.76. The van der Waals surface area contributed by atoms with E-state index in [4.69, 9.17) is 33.2 Å². The molecule has 2 aliphatic rings. The summed E-state index contributed by atoms with van der Waals surface area (Å²) in [5.41, 5.74) is -2.12. The minimum atomic E-state index is -1.58. The third-order valence-electron chi connectivity index (χ3n) is 10.3. The third kappa shape index (κ3) is 18.0. The van der Waals surface area contributed by atoms with E-state index in [1.807, 2.05) is 33.8 Å². The molecule has 0 spiro atoms. The summed E-state index contributed by atoms with van der Waals surface area (Å²) < 4.78 is 41.2. The van der Waals surface area contributed by atoms with Crippen molar-refractivity contribution < 1.29 is 68.3 Å². The first-order valence-corrected chi connectivity index (χ1v) is 22.0. The van der Waals surface area contributed by atoms with Crippen molar-refractivity contribution in [2.75, 3.05) is 27.8 Å².